The molecule has 1 aliphatic heterocycles. The standard InChI is InChI=1S/C13H23NO4/c1-4-8-17-12(15)11-6-5-7-14(11)13(16)18-9-10(2)3/h10-11H,4-9H2,1-3H3/t11-/m0/s1. The van der Waals surface area contributed by atoms with Gasteiger partial charge in [0.1, 0.15) is 6.04 Å². The van der Waals surface area contributed by atoms with E-state index in [0.717, 1.165) is 12.8 Å². The van der Waals surface area contributed by atoms with Gasteiger partial charge in [0, 0.05) is 6.54 Å². The van der Waals surface area contributed by atoms with E-state index in [1.54, 1.807) is 0 Å². The van der Waals surface area contributed by atoms with E-state index in [1.165, 1.54) is 4.90 Å². The number of hydrogen-bond acceptors (Lipinski definition) is 4. The third-order valence-electron chi connectivity index (χ3n) is 2.75. The molecule has 1 fully saturated rings. The Morgan fingerprint density at radius 3 is 2.67 bits per heavy atom. The molecule has 1 rings (SSSR count). The molecule has 1 atom stereocenters. The Bertz CT molecular complexity index is 291. The van der Waals surface area contributed by atoms with Crippen molar-refractivity contribution in [3.8, 4) is 0 Å². The minimum atomic E-state index is -0.462. The van der Waals surface area contributed by atoms with Gasteiger partial charge in [-0.2, -0.15) is 0 Å². The van der Waals surface area contributed by atoms with Crippen molar-refractivity contribution >= 4 is 12.1 Å². The zero-order valence-electron chi connectivity index (χ0n) is 11.5. The second-order valence-corrected chi connectivity index (χ2v) is 4.99. The summed E-state index contributed by atoms with van der Waals surface area (Å²) in [6.07, 6.45) is 1.87. The second kappa shape index (κ2) is 7.24. The van der Waals surface area contributed by atoms with Crippen molar-refractivity contribution in [2.75, 3.05) is 19.8 Å². The largest absolute Gasteiger partial charge is 0.464 e. The molecule has 0 aliphatic carbocycles. The summed E-state index contributed by atoms with van der Waals surface area (Å²) in [6.45, 7) is 7.25. The molecule has 1 aliphatic rings. The lowest BCUT2D eigenvalue weighted by Crippen LogP contribution is -2.42. The van der Waals surface area contributed by atoms with Crippen LogP contribution in [0.3, 0.4) is 0 Å². The number of carbonyl (C=O) groups is 2. The Hall–Kier alpha value is -1.26. The molecule has 1 saturated heterocycles. The maximum absolute atomic E-state index is 11.8. The number of nitrogens with zero attached hydrogens (tertiary/aromatic N) is 1. The van der Waals surface area contributed by atoms with Gasteiger partial charge in [0.25, 0.3) is 0 Å². The van der Waals surface area contributed by atoms with Gasteiger partial charge in [-0.3, -0.25) is 4.90 Å². The third kappa shape index (κ3) is 4.20. The van der Waals surface area contributed by atoms with Crippen LogP contribution in [0.25, 0.3) is 0 Å². The van der Waals surface area contributed by atoms with Gasteiger partial charge in [-0.15, -0.1) is 0 Å². The normalized spacial score (nSPS) is 19.1. The predicted molar refractivity (Wildman–Crippen MR) is 67.2 cm³/mol. The van der Waals surface area contributed by atoms with Crippen LogP contribution in [-0.2, 0) is 14.3 Å². The number of amides is 1. The van der Waals surface area contributed by atoms with E-state index in [4.69, 9.17) is 9.47 Å². The Morgan fingerprint density at radius 1 is 1.33 bits per heavy atom. The van der Waals surface area contributed by atoms with Crippen LogP contribution in [0.1, 0.15) is 40.0 Å². The zero-order chi connectivity index (χ0) is 13.5. The highest BCUT2D eigenvalue weighted by Crippen LogP contribution is 2.19. The molecule has 1 heterocycles. The number of likely N-dealkylation sites (tertiary alicyclic amines) is 1. The van der Waals surface area contributed by atoms with Gasteiger partial charge in [0.2, 0.25) is 0 Å². The number of ether oxygens (including phenoxy) is 2. The van der Waals surface area contributed by atoms with Crippen LogP contribution >= 0.6 is 0 Å². The predicted octanol–water partition coefficient (Wildman–Crippen LogP) is 2.20. The van der Waals surface area contributed by atoms with E-state index in [0.29, 0.717) is 32.1 Å². The van der Waals surface area contributed by atoms with Crippen molar-refractivity contribution in [2.45, 2.75) is 46.1 Å². The van der Waals surface area contributed by atoms with Crippen LogP contribution in [0.2, 0.25) is 0 Å². The first-order chi connectivity index (χ1) is 8.56. The summed E-state index contributed by atoms with van der Waals surface area (Å²) < 4.78 is 10.2. The van der Waals surface area contributed by atoms with Crippen LogP contribution in [0.4, 0.5) is 4.79 Å². The number of hydrogen-bond donors (Lipinski definition) is 0. The van der Waals surface area contributed by atoms with Gasteiger partial charge in [-0.05, 0) is 25.2 Å². The highest BCUT2D eigenvalue weighted by Gasteiger charge is 2.36. The molecule has 0 aromatic carbocycles. The lowest BCUT2D eigenvalue weighted by Gasteiger charge is -2.23. The van der Waals surface area contributed by atoms with Gasteiger partial charge in [0.05, 0.1) is 13.2 Å². The summed E-state index contributed by atoms with van der Waals surface area (Å²) in [5.41, 5.74) is 0. The summed E-state index contributed by atoms with van der Waals surface area (Å²) in [7, 11) is 0. The maximum atomic E-state index is 11.8. The summed E-state index contributed by atoms with van der Waals surface area (Å²) in [6, 6.07) is -0.462. The average Bonchev–Trinajstić information content (AvgIpc) is 2.82. The summed E-state index contributed by atoms with van der Waals surface area (Å²) in [4.78, 5) is 25.1. The zero-order valence-corrected chi connectivity index (χ0v) is 11.5. The molecule has 0 bridgehead atoms. The smallest absolute Gasteiger partial charge is 0.410 e. The third-order valence-corrected chi connectivity index (χ3v) is 2.75. The average molecular weight is 257 g/mol. The highest BCUT2D eigenvalue weighted by molar-refractivity contribution is 5.82. The molecule has 0 radical (unpaired) electrons. The molecule has 0 aromatic rings. The monoisotopic (exact) mass is 257 g/mol. The van der Waals surface area contributed by atoms with E-state index in [9.17, 15) is 9.59 Å². The maximum Gasteiger partial charge on any atom is 0.410 e. The Labute approximate surface area is 108 Å². The van der Waals surface area contributed by atoms with E-state index >= 15 is 0 Å². The first kappa shape index (κ1) is 14.8. The fraction of sp³-hybridized carbons (Fsp3) is 0.846. The van der Waals surface area contributed by atoms with Gasteiger partial charge in [-0.1, -0.05) is 20.8 Å². The fourth-order valence-corrected chi connectivity index (χ4v) is 1.85. The van der Waals surface area contributed by atoms with E-state index in [-0.39, 0.29) is 5.97 Å². The van der Waals surface area contributed by atoms with E-state index in [2.05, 4.69) is 0 Å². The minimum Gasteiger partial charge on any atom is -0.464 e. The molecule has 0 saturated carbocycles. The van der Waals surface area contributed by atoms with Crippen molar-refractivity contribution in [1.82, 2.24) is 4.90 Å². The first-order valence-corrected chi connectivity index (χ1v) is 6.66. The van der Waals surface area contributed by atoms with Crippen LogP contribution in [0.15, 0.2) is 0 Å². The van der Waals surface area contributed by atoms with Gasteiger partial charge in [-0.25, -0.2) is 9.59 Å². The van der Waals surface area contributed by atoms with Crippen molar-refractivity contribution in [3.63, 3.8) is 0 Å². The molecule has 0 N–H and O–H groups in total. The summed E-state index contributed by atoms with van der Waals surface area (Å²) in [5, 5.41) is 0. The quantitative estimate of drug-likeness (QED) is 0.708. The molecule has 0 spiro atoms. The van der Waals surface area contributed by atoms with Gasteiger partial charge in [0.15, 0.2) is 0 Å². The Balaban J connectivity index is 2.48. The molecular weight excluding hydrogens is 234 g/mol. The molecule has 0 aromatic heterocycles. The van der Waals surface area contributed by atoms with Crippen LogP contribution in [0, 0.1) is 5.92 Å². The molecule has 1 amide bonds. The van der Waals surface area contributed by atoms with Crippen LogP contribution in [-0.4, -0.2) is 42.8 Å². The minimum absolute atomic E-state index is 0.294. The van der Waals surface area contributed by atoms with Crippen LogP contribution in [0.5, 0.6) is 0 Å². The fourth-order valence-electron chi connectivity index (χ4n) is 1.85. The number of esters is 1. The number of carbonyl (C=O) groups excluding carboxylic acids is 2. The van der Waals surface area contributed by atoms with Crippen molar-refractivity contribution in [1.29, 1.82) is 0 Å². The van der Waals surface area contributed by atoms with E-state index < -0.39 is 12.1 Å². The lowest BCUT2D eigenvalue weighted by atomic mass is 10.2. The Kier molecular flexibility index (Phi) is 5.95. The summed E-state index contributed by atoms with van der Waals surface area (Å²) in [5.74, 6) is -0.0158. The highest BCUT2D eigenvalue weighted by atomic mass is 16.6. The summed E-state index contributed by atoms with van der Waals surface area (Å²) >= 11 is 0. The molecule has 5 heteroatoms. The first-order valence-electron chi connectivity index (χ1n) is 6.66. The van der Waals surface area contributed by atoms with Gasteiger partial charge < -0.3 is 9.47 Å². The number of rotatable bonds is 5. The molecular formula is C13H23NO4. The molecule has 18 heavy (non-hydrogen) atoms. The van der Waals surface area contributed by atoms with Crippen molar-refractivity contribution in [3.05, 3.63) is 0 Å². The van der Waals surface area contributed by atoms with Gasteiger partial charge >= 0.3 is 12.1 Å². The second-order valence-electron chi connectivity index (χ2n) is 4.99. The van der Waals surface area contributed by atoms with Crippen LogP contribution < -0.4 is 0 Å². The Morgan fingerprint density at radius 2 is 2.06 bits per heavy atom. The lowest BCUT2D eigenvalue weighted by molar-refractivity contribution is -0.148. The topological polar surface area (TPSA) is 55.8 Å². The van der Waals surface area contributed by atoms with Crippen molar-refractivity contribution < 1.29 is 19.1 Å². The van der Waals surface area contributed by atoms with Crippen molar-refractivity contribution in [2.24, 2.45) is 5.92 Å². The molecule has 0 unspecified atom stereocenters. The molecule has 5 nitrogen and oxygen atoms in total. The SMILES string of the molecule is CCCOC(=O)[C@@H]1CCCN1C(=O)OCC(C)C. The van der Waals surface area contributed by atoms with E-state index in [1.807, 2.05) is 20.8 Å². The molecule has 104 valence electrons.